The summed E-state index contributed by atoms with van der Waals surface area (Å²) in [5.41, 5.74) is 8.11. The van der Waals surface area contributed by atoms with Crippen molar-refractivity contribution in [3.63, 3.8) is 0 Å². The Kier molecular flexibility index (Phi) is 3.64. The third kappa shape index (κ3) is 2.91. The average Bonchev–Trinajstić information content (AvgIpc) is 3.27. The molecule has 0 aliphatic heterocycles. The molecule has 0 unspecified atom stereocenters. The van der Waals surface area contributed by atoms with Crippen molar-refractivity contribution in [2.45, 2.75) is 32.4 Å². The first kappa shape index (κ1) is 13.7. The van der Waals surface area contributed by atoms with Gasteiger partial charge in [0.2, 0.25) is 0 Å². The molecule has 1 fully saturated rings. The first-order valence-electron chi connectivity index (χ1n) is 7.35. The zero-order chi connectivity index (χ0) is 14.8. The minimum atomic E-state index is 0.0201. The number of rotatable bonds is 5. The number of amides is 1. The van der Waals surface area contributed by atoms with Gasteiger partial charge in [0.05, 0.1) is 17.9 Å². The quantitative estimate of drug-likeness (QED) is 0.917. The van der Waals surface area contributed by atoms with E-state index in [9.17, 15) is 4.79 Å². The summed E-state index contributed by atoms with van der Waals surface area (Å²) in [6.07, 6.45) is 5.87. The average molecular weight is 284 g/mol. The number of hydrogen-bond donors (Lipinski definition) is 1. The second-order valence-corrected chi connectivity index (χ2v) is 5.44. The second-order valence-electron chi connectivity index (χ2n) is 5.44. The van der Waals surface area contributed by atoms with Gasteiger partial charge in [-0.25, -0.2) is 0 Å². The van der Waals surface area contributed by atoms with Crippen molar-refractivity contribution in [3.05, 3.63) is 48.0 Å². The number of pyridine rings is 1. The van der Waals surface area contributed by atoms with Crippen LogP contribution in [0, 0.1) is 0 Å². The van der Waals surface area contributed by atoms with Crippen LogP contribution in [-0.2, 0) is 6.54 Å². The van der Waals surface area contributed by atoms with Crippen molar-refractivity contribution in [1.29, 1.82) is 0 Å². The zero-order valence-electron chi connectivity index (χ0n) is 12.2. The normalized spacial score (nSPS) is 14.1. The topological polar surface area (TPSA) is 64.2 Å². The summed E-state index contributed by atoms with van der Waals surface area (Å²) in [6.45, 7) is 3.14. The lowest BCUT2D eigenvalue weighted by Gasteiger charge is -2.21. The van der Waals surface area contributed by atoms with Crippen molar-refractivity contribution in [2.24, 2.45) is 0 Å². The standard InChI is InChI=1S/C16H20N4O/c1-2-19(11-13-5-3-4-8-18-13)16(21)15-9-12(17)10-20(15)14-6-7-14/h3-5,8-10,14H,2,6-7,11,17H2,1H3. The maximum Gasteiger partial charge on any atom is 0.270 e. The third-order valence-electron chi connectivity index (χ3n) is 3.78. The van der Waals surface area contributed by atoms with Crippen LogP contribution < -0.4 is 5.73 Å². The fourth-order valence-corrected chi connectivity index (χ4v) is 2.50. The summed E-state index contributed by atoms with van der Waals surface area (Å²) < 4.78 is 2.03. The van der Waals surface area contributed by atoms with Crippen molar-refractivity contribution >= 4 is 11.6 Å². The van der Waals surface area contributed by atoms with Gasteiger partial charge in [-0.15, -0.1) is 0 Å². The zero-order valence-corrected chi connectivity index (χ0v) is 12.2. The van der Waals surface area contributed by atoms with Crippen molar-refractivity contribution in [3.8, 4) is 0 Å². The van der Waals surface area contributed by atoms with Gasteiger partial charge in [-0.2, -0.15) is 0 Å². The summed E-state index contributed by atoms with van der Waals surface area (Å²) >= 11 is 0. The molecule has 2 heterocycles. The van der Waals surface area contributed by atoms with Gasteiger partial charge in [0.25, 0.3) is 5.91 Å². The Labute approximate surface area is 124 Å². The van der Waals surface area contributed by atoms with E-state index in [1.54, 1.807) is 17.2 Å². The lowest BCUT2D eigenvalue weighted by molar-refractivity contribution is 0.0739. The maximum atomic E-state index is 12.8. The molecule has 0 saturated heterocycles. The number of nitrogens with zero attached hydrogens (tertiary/aromatic N) is 3. The van der Waals surface area contributed by atoms with Gasteiger partial charge in [-0.3, -0.25) is 9.78 Å². The van der Waals surface area contributed by atoms with E-state index >= 15 is 0 Å². The number of carbonyl (C=O) groups excluding carboxylic acids is 1. The van der Waals surface area contributed by atoms with Gasteiger partial charge in [-0.05, 0) is 38.0 Å². The smallest absolute Gasteiger partial charge is 0.270 e. The number of aromatic nitrogens is 2. The van der Waals surface area contributed by atoms with Crippen LogP contribution in [0.1, 0.15) is 42.0 Å². The molecule has 5 heteroatoms. The molecule has 3 rings (SSSR count). The molecule has 0 spiro atoms. The lowest BCUT2D eigenvalue weighted by Crippen LogP contribution is -2.32. The summed E-state index contributed by atoms with van der Waals surface area (Å²) in [5, 5.41) is 0. The molecule has 1 amide bonds. The molecule has 21 heavy (non-hydrogen) atoms. The van der Waals surface area contributed by atoms with Crippen LogP contribution in [0.3, 0.4) is 0 Å². The van der Waals surface area contributed by atoms with Crippen LogP contribution in [0.15, 0.2) is 36.7 Å². The Bertz CT molecular complexity index is 631. The highest BCUT2D eigenvalue weighted by atomic mass is 16.2. The van der Waals surface area contributed by atoms with Crippen LogP contribution in [0.5, 0.6) is 0 Å². The van der Waals surface area contributed by atoms with Crippen molar-refractivity contribution < 1.29 is 4.79 Å². The molecule has 0 bridgehead atoms. The highest BCUT2D eigenvalue weighted by Gasteiger charge is 2.29. The van der Waals surface area contributed by atoms with Gasteiger partial charge in [-0.1, -0.05) is 6.07 Å². The SMILES string of the molecule is CCN(Cc1ccccn1)C(=O)c1cc(N)cn1C1CC1. The van der Waals surface area contributed by atoms with Crippen LogP contribution in [0.2, 0.25) is 0 Å². The number of nitrogens with two attached hydrogens (primary N) is 1. The van der Waals surface area contributed by atoms with E-state index in [-0.39, 0.29) is 5.91 Å². The molecule has 1 aliphatic carbocycles. The molecular weight excluding hydrogens is 264 g/mol. The molecule has 2 aromatic heterocycles. The van der Waals surface area contributed by atoms with Crippen LogP contribution in [0.25, 0.3) is 0 Å². The fourth-order valence-electron chi connectivity index (χ4n) is 2.50. The van der Waals surface area contributed by atoms with E-state index in [2.05, 4.69) is 4.98 Å². The Balaban J connectivity index is 1.82. The molecule has 110 valence electrons. The summed E-state index contributed by atoms with van der Waals surface area (Å²) in [7, 11) is 0. The molecule has 2 aromatic rings. The Morgan fingerprint density at radius 1 is 1.48 bits per heavy atom. The molecule has 5 nitrogen and oxygen atoms in total. The van der Waals surface area contributed by atoms with E-state index < -0.39 is 0 Å². The number of hydrogen-bond acceptors (Lipinski definition) is 3. The first-order valence-corrected chi connectivity index (χ1v) is 7.35. The molecule has 0 aromatic carbocycles. The number of carbonyl (C=O) groups is 1. The molecule has 0 radical (unpaired) electrons. The van der Waals surface area contributed by atoms with Crippen LogP contribution in [0.4, 0.5) is 5.69 Å². The fraction of sp³-hybridized carbons (Fsp3) is 0.375. The summed E-state index contributed by atoms with van der Waals surface area (Å²) in [5.74, 6) is 0.0201. The van der Waals surface area contributed by atoms with Gasteiger partial charge in [0, 0.05) is 25.0 Å². The van der Waals surface area contributed by atoms with Gasteiger partial charge < -0.3 is 15.2 Å². The third-order valence-corrected chi connectivity index (χ3v) is 3.78. The molecule has 0 atom stereocenters. The van der Waals surface area contributed by atoms with Gasteiger partial charge in [0.15, 0.2) is 0 Å². The molecule has 1 aliphatic rings. The maximum absolute atomic E-state index is 12.8. The van der Waals surface area contributed by atoms with E-state index in [0.29, 0.717) is 30.5 Å². The van der Waals surface area contributed by atoms with Crippen LogP contribution >= 0.6 is 0 Å². The number of nitrogen functional groups attached to an aromatic ring is 1. The summed E-state index contributed by atoms with van der Waals surface area (Å²) in [4.78, 5) is 18.9. The van der Waals surface area contributed by atoms with E-state index in [1.807, 2.05) is 35.9 Å². The Morgan fingerprint density at radius 2 is 2.29 bits per heavy atom. The predicted molar refractivity (Wildman–Crippen MR) is 81.8 cm³/mol. The minimum absolute atomic E-state index is 0.0201. The molecular formula is C16H20N4O. The van der Waals surface area contributed by atoms with Crippen LogP contribution in [-0.4, -0.2) is 26.9 Å². The predicted octanol–water partition coefficient (Wildman–Crippen LogP) is 2.46. The molecule has 2 N–H and O–H groups in total. The van der Waals surface area contributed by atoms with E-state index in [0.717, 1.165) is 18.5 Å². The van der Waals surface area contributed by atoms with E-state index in [1.165, 1.54) is 0 Å². The number of anilines is 1. The first-order chi connectivity index (χ1) is 10.2. The Morgan fingerprint density at radius 3 is 2.90 bits per heavy atom. The largest absolute Gasteiger partial charge is 0.397 e. The highest BCUT2D eigenvalue weighted by molar-refractivity contribution is 5.94. The van der Waals surface area contributed by atoms with Gasteiger partial charge >= 0.3 is 0 Å². The van der Waals surface area contributed by atoms with Gasteiger partial charge in [0.1, 0.15) is 5.69 Å². The van der Waals surface area contributed by atoms with Crippen molar-refractivity contribution in [2.75, 3.05) is 12.3 Å². The minimum Gasteiger partial charge on any atom is -0.397 e. The monoisotopic (exact) mass is 284 g/mol. The molecule has 1 saturated carbocycles. The van der Waals surface area contributed by atoms with E-state index in [4.69, 9.17) is 5.73 Å². The van der Waals surface area contributed by atoms with Crippen molar-refractivity contribution in [1.82, 2.24) is 14.5 Å². The summed E-state index contributed by atoms with van der Waals surface area (Å²) in [6, 6.07) is 7.97. The second kappa shape index (κ2) is 5.60. The highest BCUT2D eigenvalue weighted by Crippen LogP contribution is 2.37. The lowest BCUT2D eigenvalue weighted by atomic mass is 10.3. The Hall–Kier alpha value is -2.30.